The molecule has 1 aromatic carbocycles. The quantitative estimate of drug-likeness (QED) is 0.725. The van der Waals surface area contributed by atoms with Crippen molar-refractivity contribution in [2.24, 2.45) is 5.92 Å². The number of carbonyl (C=O) groups is 1. The number of aromatic nitrogens is 1. The molecular weight excluding hydrogens is 421 g/mol. The van der Waals surface area contributed by atoms with Gasteiger partial charge in [0.1, 0.15) is 0 Å². The maximum absolute atomic E-state index is 13.7. The Labute approximate surface area is 164 Å². The van der Waals surface area contributed by atoms with Crippen LogP contribution in [0.3, 0.4) is 0 Å². The molecular formula is C18H21BrFN3O2S. The first kappa shape index (κ1) is 19.3. The van der Waals surface area contributed by atoms with E-state index >= 15 is 0 Å². The van der Waals surface area contributed by atoms with Crippen LogP contribution in [0.2, 0.25) is 0 Å². The van der Waals surface area contributed by atoms with Crippen LogP contribution in [-0.2, 0) is 11.3 Å². The molecule has 2 heterocycles. The largest absolute Gasteiger partial charge is 0.481 e. The molecule has 1 unspecified atom stereocenters. The van der Waals surface area contributed by atoms with Crippen molar-refractivity contribution in [3.05, 3.63) is 39.6 Å². The van der Waals surface area contributed by atoms with E-state index in [4.69, 9.17) is 4.74 Å². The summed E-state index contributed by atoms with van der Waals surface area (Å²) in [6.45, 7) is 4.99. The standard InChI is InChI=1S/C18H21BrFN3O2S/c1-12-3-2-6-23(8-12)9-14-11-26-18(21-14)22-17(24)10-25-16-5-4-13(19)7-15(16)20/h4-5,7,11-12H,2-3,6,8-10H2,1H3,(H,21,22,24). The Balaban J connectivity index is 1.48. The lowest BCUT2D eigenvalue weighted by atomic mass is 10.0. The van der Waals surface area contributed by atoms with Crippen LogP contribution in [0.4, 0.5) is 9.52 Å². The lowest BCUT2D eigenvalue weighted by Crippen LogP contribution is -2.33. The average molecular weight is 442 g/mol. The molecule has 140 valence electrons. The molecule has 1 aromatic heterocycles. The number of halogens is 2. The van der Waals surface area contributed by atoms with Crippen molar-refractivity contribution in [3.63, 3.8) is 0 Å². The number of thiazole rings is 1. The van der Waals surface area contributed by atoms with Gasteiger partial charge in [-0.05, 0) is 43.5 Å². The van der Waals surface area contributed by atoms with Crippen molar-refractivity contribution in [2.75, 3.05) is 25.0 Å². The molecule has 1 fully saturated rings. The number of anilines is 1. The molecule has 0 bridgehead atoms. The van der Waals surface area contributed by atoms with Gasteiger partial charge in [-0.3, -0.25) is 15.0 Å². The second-order valence-electron chi connectivity index (χ2n) is 6.54. The highest BCUT2D eigenvalue weighted by atomic mass is 79.9. The number of likely N-dealkylation sites (tertiary alicyclic amines) is 1. The van der Waals surface area contributed by atoms with Gasteiger partial charge in [0, 0.05) is 22.9 Å². The van der Waals surface area contributed by atoms with Gasteiger partial charge in [0.15, 0.2) is 23.3 Å². The normalized spacial score (nSPS) is 17.9. The number of ether oxygens (including phenoxy) is 1. The van der Waals surface area contributed by atoms with Gasteiger partial charge in [-0.1, -0.05) is 22.9 Å². The van der Waals surface area contributed by atoms with Gasteiger partial charge in [0.05, 0.1) is 5.69 Å². The fourth-order valence-corrected chi connectivity index (χ4v) is 4.04. The first-order chi connectivity index (χ1) is 12.5. The van der Waals surface area contributed by atoms with Crippen molar-refractivity contribution in [1.82, 2.24) is 9.88 Å². The number of hydrogen-bond donors (Lipinski definition) is 1. The summed E-state index contributed by atoms with van der Waals surface area (Å²) in [5.74, 6) is -0.112. The van der Waals surface area contributed by atoms with E-state index in [2.05, 4.69) is 38.1 Å². The van der Waals surface area contributed by atoms with E-state index in [-0.39, 0.29) is 18.3 Å². The number of piperidine rings is 1. The zero-order valence-corrected chi connectivity index (χ0v) is 16.9. The van der Waals surface area contributed by atoms with Crippen LogP contribution >= 0.6 is 27.3 Å². The van der Waals surface area contributed by atoms with Gasteiger partial charge < -0.3 is 4.74 Å². The SMILES string of the molecule is CC1CCCN(Cc2csc(NC(=O)COc3ccc(Br)cc3F)n2)C1. The summed E-state index contributed by atoms with van der Waals surface area (Å²) in [4.78, 5) is 18.9. The van der Waals surface area contributed by atoms with Crippen LogP contribution in [0, 0.1) is 11.7 Å². The van der Waals surface area contributed by atoms with Crippen molar-refractivity contribution in [3.8, 4) is 5.75 Å². The lowest BCUT2D eigenvalue weighted by molar-refractivity contribution is -0.118. The molecule has 1 atom stereocenters. The molecule has 1 N–H and O–H groups in total. The predicted molar refractivity (Wildman–Crippen MR) is 104 cm³/mol. The summed E-state index contributed by atoms with van der Waals surface area (Å²) >= 11 is 4.56. The molecule has 0 saturated carbocycles. The van der Waals surface area contributed by atoms with Crippen molar-refractivity contribution in [2.45, 2.75) is 26.3 Å². The van der Waals surface area contributed by atoms with Crippen molar-refractivity contribution in [1.29, 1.82) is 0 Å². The van der Waals surface area contributed by atoms with Crippen LogP contribution in [0.25, 0.3) is 0 Å². The number of rotatable bonds is 6. The summed E-state index contributed by atoms with van der Waals surface area (Å²) in [5, 5.41) is 5.20. The van der Waals surface area contributed by atoms with Gasteiger partial charge in [-0.2, -0.15) is 0 Å². The molecule has 1 amide bonds. The molecule has 0 spiro atoms. The molecule has 0 aliphatic carbocycles. The summed E-state index contributed by atoms with van der Waals surface area (Å²) in [6.07, 6.45) is 2.51. The molecule has 8 heteroatoms. The average Bonchev–Trinajstić information content (AvgIpc) is 3.01. The second-order valence-corrected chi connectivity index (χ2v) is 8.31. The smallest absolute Gasteiger partial charge is 0.264 e. The van der Waals surface area contributed by atoms with E-state index in [0.717, 1.165) is 31.2 Å². The predicted octanol–water partition coefficient (Wildman–Crippen LogP) is 4.29. The molecule has 3 rings (SSSR count). The van der Waals surface area contributed by atoms with Gasteiger partial charge in [-0.15, -0.1) is 11.3 Å². The topological polar surface area (TPSA) is 54.5 Å². The van der Waals surface area contributed by atoms with E-state index in [9.17, 15) is 9.18 Å². The number of hydrogen-bond acceptors (Lipinski definition) is 5. The number of nitrogens with zero attached hydrogens (tertiary/aromatic N) is 2. The number of amides is 1. The van der Waals surface area contributed by atoms with Crippen LogP contribution < -0.4 is 10.1 Å². The summed E-state index contributed by atoms with van der Waals surface area (Å²) in [7, 11) is 0. The van der Waals surface area contributed by atoms with E-state index in [1.54, 1.807) is 6.07 Å². The Bertz CT molecular complexity index is 771. The highest BCUT2D eigenvalue weighted by Gasteiger charge is 2.17. The number of nitrogens with one attached hydrogen (secondary N) is 1. The Kier molecular flexibility index (Phi) is 6.61. The zero-order valence-electron chi connectivity index (χ0n) is 14.5. The molecule has 5 nitrogen and oxygen atoms in total. The molecule has 0 radical (unpaired) electrons. The fraction of sp³-hybridized carbons (Fsp3) is 0.444. The van der Waals surface area contributed by atoms with E-state index in [1.165, 1.54) is 36.3 Å². The van der Waals surface area contributed by atoms with E-state index in [1.807, 2.05) is 5.38 Å². The Morgan fingerprint density at radius 1 is 1.54 bits per heavy atom. The zero-order chi connectivity index (χ0) is 18.5. The maximum atomic E-state index is 13.7. The number of carbonyl (C=O) groups excluding carboxylic acids is 1. The third kappa shape index (κ3) is 5.49. The lowest BCUT2D eigenvalue weighted by Gasteiger charge is -2.30. The summed E-state index contributed by atoms with van der Waals surface area (Å²) in [6, 6.07) is 4.43. The van der Waals surface area contributed by atoms with Crippen molar-refractivity contribution >= 4 is 38.3 Å². The minimum absolute atomic E-state index is 0.0439. The Morgan fingerprint density at radius 2 is 2.38 bits per heavy atom. The molecule has 2 aromatic rings. The Morgan fingerprint density at radius 3 is 3.15 bits per heavy atom. The van der Waals surface area contributed by atoms with Crippen LogP contribution in [0.5, 0.6) is 5.75 Å². The maximum Gasteiger partial charge on any atom is 0.264 e. The summed E-state index contributed by atoms with van der Waals surface area (Å²) in [5.41, 5.74) is 0.958. The molecule has 1 aliphatic heterocycles. The first-order valence-electron chi connectivity index (χ1n) is 8.54. The van der Waals surface area contributed by atoms with Gasteiger partial charge >= 0.3 is 0 Å². The van der Waals surface area contributed by atoms with Crippen LogP contribution in [0.15, 0.2) is 28.1 Å². The fourth-order valence-electron chi connectivity index (χ4n) is 2.99. The third-order valence-electron chi connectivity index (χ3n) is 4.18. The number of benzene rings is 1. The molecule has 1 saturated heterocycles. The highest BCUT2D eigenvalue weighted by molar-refractivity contribution is 9.10. The van der Waals surface area contributed by atoms with Gasteiger partial charge in [0.2, 0.25) is 0 Å². The van der Waals surface area contributed by atoms with Gasteiger partial charge in [-0.25, -0.2) is 9.37 Å². The monoisotopic (exact) mass is 441 g/mol. The van der Waals surface area contributed by atoms with E-state index < -0.39 is 5.82 Å². The second kappa shape index (κ2) is 8.92. The minimum Gasteiger partial charge on any atom is -0.481 e. The summed E-state index contributed by atoms with van der Waals surface area (Å²) < 4.78 is 19.5. The van der Waals surface area contributed by atoms with E-state index in [0.29, 0.717) is 9.60 Å². The first-order valence-corrected chi connectivity index (χ1v) is 10.2. The van der Waals surface area contributed by atoms with Crippen LogP contribution in [-0.4, -0.2) is 35.5 Å². The third-order valence-corrected chi connectivity index (χ3v) is 5.48. The minimum atomic E-state index is -0.514. The van der Waals surface area contributed by atoms with Gasteiger partial charge in [0.25, 0.3) is 5.91 Å². The van der Waals surface area contributed by atoms with Crippen LogP contribution in [0.1, 0.15) is 25.5 Å². The molecule has 1 aliphatic rings. The highest BCUT2D eigenvalue weighted by Crippen LogP contribution is 2.22. The van der Waals surface area contributed by atoms with Crippen molar-refractivity contribution < 1.29 is 13.9 Å². The molecule has 26 heavy (non-hydrogen) atoms. The Hall–Kier alpha value is -1.51.